The molecule has 3 aromatic rings. The van der Waals surface area contributed by atoms with Crippen LogP contribution in [0.15, 0.2) is 66.7 Å². The second-order valence-electron chi connectivity index (χ2n) is 7.60. The van der Waals surface area contributed by atoms with Crippen LogP contribution in [0.5, 0.6) is 0 Å². The number of hydrogen-bond donors (Lipinski definition) is 1. The number of nitrogens with one attached hydrogen (secondary N) is 1. The van der Waals surface area contributed by atoms with E-state index in [4.69, 9.17) is 0 Å². The lowest BCUT2D eigenvalue weighted by Gasteiger charge is -2.12. The third-order valence-electron chi connectivity index (χ3n) is 5.44. The molecular formula is C24H24N2O2. The number of hydrogen-bond acceptors (Lipinski definition) is 2. The number of nitrogens with zero attached hydrogens (tertiary/aromatic N) is 1. The minimum Gasteiger partial charge on any atom is -0.341 e. The molecule has 4 nitrogen and oxygen atoms in total. The van der Waals surface area contributed by atoms with Gasteiger partial charge in [0.15, 0.2) is 0 Å². The molecule has 4 rings (SSSR count). The fraction of sp³-hybridized carbons (Fsp3) is 0.250. The molecule has 1 N–H and O–H groups in total. The zero-order valence-electron chi connectivity index (χ0n) is 16.2. The van der Waals surface area contributed by atoms with Gasteiger partial charge in [-0.1, -0.05) is 56.3 Å². The molecule has 4 heteroatoms. The Kier molecular flexibility index (Phi) is 4.86. The second-order valence-corrected chi connectivity index (χ2v) is 7.60. The molecule has 0 unspecified atom stereocenters. The molecule has 0 radical (unpaired) electrons. The SMILES string of the molecule is CC(C)c1ccc(NC(=O)[C@H]2CCn3c(C(=O)c4ccccc4)ccc32)cc1. The van der Waals surface area contributed by atoms with Gasteiger partial charge in [0.2, 0.25) is 11.7 Å². The van der Waals surface area contributed by atoms with E-state index in [0.29, 0.717) is 30.1 Å². The Bertz CT molecular complexity index is 1000. The minimum absolute atomic E-state index is 0.00261. The summed E-state index contributed by atoms with van der Waals surface area (Å²) >= 11 is 0. The summed E-state index contributed by atoms with van der Waals surface area (Å²) in [5.74, 6) is 0.204. The molecule has 0 bridgehead atoms. The third kappa shape index (κ3) is 3.38. The van der Waals surface area contributed by atoms with Gasteiger partial charge in [0.25, 0.3) is 0 Å². The van der Waals surface area contributed by atoms with Crippen molar-refractivity contribution < 1.29 is 9.59 Å². The fourth-order valence-corrected chi connectivity index (χ4v) is 3.83. The second kappa shape index (κ2) is 7.47. The van der Waals surface area contributed by atoms with Crippen LogP contribution in [-0.4, -0.2) is 16.3 Å². The number of carbonyl (C=O) groups is 2. The Morgan fingerprint density at radius 3 is 2.36 bits per heavy atom. The van der Waals surface area contributed by atoms with Gasteiger partial charge < -0.3 is 9.88 Å². The first-order valence-corrected chi connectivity index (χ1v) is 9.74. The monoisotopic (exact) mass is 372 g/mol. The van der Waals surface area contributed by atoms with Crippen LogP contribution in [0.3, 0.4) is 0 Å². The first kappa shape index (κ1) is 18.2. The smallest absolute Gasteiger partial charge is 0.233 e. The number of anilines is 1. The highest BCUT2D eigenvalue weighted by Crippen LogP contribution is 2.32. The van der Waals surface area contributed by atoms with Crippen molar-refractivity contribution in [2.75, 3.05) is 5.32 Å². The molecule has 2 aromatic carbocycles. The van der Waals surface area contributed by atoms with E-state index in [1.54, 1.807) is 0 Å². The molecule has 28 heavy (non-hydrogen) atoms. The molecule has 0 saturated heterocycles. The molecule has 0 fully saturated rings. The van der Waals surface area contributed by atoms with E-state index in [2.05, 4.69) is 19.2 Å². The molecule has 0 aliphatic carbocycles. The first-order valence-electron chi connectivity index (χ1n) is 9.74. The molecule has 1 aliphatic heterocycles. The Morgan fingerprint density at radius 1 is 0.964 bits per heavy atom. The van der Waals surface area contributed by atoms with Crippen molar-refractivity contribution in [3.05, 3.63) is 89.2 Å². The van der Waals surface area contributed by atoms with Crippen LogP contribution in [-0.2, 0) is 11.3 Å². The fourth-order valence-electron chi connectivity index (χ4n) is 3.83. The third-order valence-corrected chi connectivity index (χ3v) is 5.44. The summed E-state index contributed by atoms with van der Waals surface area (Å²) in [7, 11) is 0. The van der Waals surface area contributed by atoms with Crippen molar-refractivity contribution in [3.8, 4) is 0 Å². The highest BCUT2D eigenvalue weighted by molar-refractivity contribution is 6.08. The molecule has 142 valence electrons. The number of ketones is 1. The highest BCUT2D eigenvalue weighted by Gasteiger charge is 2.32. The van der Waals surface area contributed by atoms with Crippen molar-refractivity contribution in [2.45, 2.75) is 38.6 Å². The maximum Gasteiger partial charge on any atom is 0.233 e. The Labute approximate surface area is 165 Å². The topological polar surface area (TPSA) is 51.1 Å². The van der Waals surface area contributed by atoms with Crippen LogP contribution >= 0.6 is 0 Å². The van der Waals surface area contributed by atoms with Gasteiger partial charge in [0, 0.05) is 23.5 Å². The molecule has 2 heterocycles. The average Bonchev–Trinajstić information content (AvgIpc) is 3.30. The summed E-state index contributed by atoms with van der Waals surface area (Å²) < 4.78 is 1.99. The molecule has 1 amide bonds. The predicted molar refractivity (Wildman–Crippen MR) is 111 cm³/mol. The summed E-state index contributed by atoms with van der Waals surface area (Å²) in [5.41, 5.74) is 4.28. The van der Waals surface area contributed by atoms with Crippen LogP contribution in [0.2, 0.25) is 0 Å². The van der Waals surface area contributed by atoms with Crippen molar-refractivity contribution in [2.24, 2.45) is 0 Å². The lowest BCUT2D eigenvalue weighted by atomic mass is 10.0. The highest BCUT2D eigenvalue weighted by atomic mass is 16.2. The summed E-state index contributed by atoms with van der Waals surface area (Å²) in [6.07, 6.45) is 0.709. The van der Waals surface area contributed by atoms with Gasteiger partial charge in [-0.05, 0) is 42.2 Å². The predicted octanol–water partition coefficient (Wildman–Crippen LogP) is 4.97. The van der Waals surface area contributed by atoms with Gasteiger partial charge in [-0.15, -0.1) is 0 Å². The van der Waals surface area contributed by atoms with E-state index in [1.807, 2.05) is 71.3 Å². The van der Waals surface area contributed by atoms with E-state index in [9.17, 15) is 9.59 Å². The molecule has 0 spiro atoms. The van der Waals surface area contributed by atoms with Crippen molar-refractivity contribution in [1.82, 2.24) is 4.57 Å². The number of amides is 1. The minimum atomic E-state index is -0.234. The van der Waals surface area contributed by atoms with Gasteiger partial charge >= 0.3 is 0 Å². The van der Waals surface area contributed by atoms with E-state index < -0.39 is 0 Å². The van der Waals surface area contributed by atoms with Gasteiger partial charge in [-0.25, -0.2) is 0 Å². The number of carbonyl (C=O) groups excluding carboxylic acids is 2. The number of aromatic nitrogens is 1. The Morgan fingerprint density at radius 2 is 1.68 bits per heavy atom. The first-order chi connectivity index (χ1) is 13.5. The maximum absolute atomic E-state index is 12.8. The standard InChI is InChI=1S/C24H24N2O2/c1-16(2)17-8-10-19(11-9-17)25-24(28)20-14-15-26-21(20)12-13-22(26)23(27)18-6-4-3-5-7-18/h3-13,16,20H,14-15H2,1-2H3,(H,25,28)/t20-/m0/s1. The average molecular weight is 372 g/mol. The number of rotatable bonds is 5. The van der Waals surface area contributed by atoms with Crippen LogP contribution in [0, 0.1) is 0 Å². The van der Waals surface area contributed by atoms with Gasteiger partial charge in [-0.3, -0.25) is 9.59 Å². The van der Waals surface area contributed by atoms with Crippen molar-refractivity contribution in [3.63, 3.8) is 0 Å². The maximum atomic E-state index is 12.8. The van der Waals surface area contributed by atoms with Crippen LogP contribution in [0.4, 0.5) is 5.69 Å². The van der Waals surface area contributed by atoms with E-state index in [0.717, 1.165) is 11.4 Å². The molecule has 1 aliphatic rings. The Balaban J connectivity index is 1.51. The summed E-state index contributed by atoms with van der Waals surface area (Å²) in [5, 5.41) is 3.02. The van der Waals surface area contributed by atoms with Crippen molar-refractivity contribution >= 4 is 17.4 Å². The molecular weight excluding hydrogens is 348 g/mol. The number of fused-ring (bicyclic) bond motifs is 1. The number of benzene rings is 2. The largest absolute Gasteiger partial charge is 0.341 e. The van der Waals surface area contributed by atoms with Crippen LogP contribution < -0.4 is 5.32 Å². The quantitative estimate of drug-likeness (QED) is 0.643. The van der Waals surface area contributed by atoms with E-state index in [-0.39, 0.29) is 17.6 Å². The normalized spacial score (nSPS) is 15.5. The lowest BCUT2D eigenvalue weighted by molar-refractivity contribution is -0.117. The van der Waals surface area contributed by atoms with Gasteiger partial charge in [0.1, 0.15) is 0 Å². The van der Waals surface area contributed by atoms with Crippen LogP contribution in [0.1, 0.15) is 59.4 Å². The zero-order chi connectivity index (χ0) is 19.7. The van der Waals surface area contributed by atoms with Crippen molar-refractivity contribution in [1.29, 1.82) is 0 Å². The lowest BCUT2D eigenvalue weighted by Crippen LogP contribution is -2.19. The van der Waals surface area contributed by atoms with Crippen LogP contribution in [0.25, 0.3) is 0 Å². The summed E-state index contributed by atoms with van der Waals surface area (Å²) in [6.45, 7) is 4.98. The van der Waals surface area contributed by atoms with Gasteiger partial charge in [-0.2, -0.15) is 0 Å². The molecule has 0 saturated carbocycles. The Hall–Kier alpha value is -3.14. The van der Waals surface area contributed by atoms with E-state index >= 15 is 0 Å². The summed E-state index contributed by atoms with van der Waals surface area (Å²) in [6, 6.07) is 21.0. The van der Waals surface area contributed by atoms with Gasteiger partial charge in [0.05, 0.1) is 11.6 Å². The summed E-state index contributed by atoms with van der Waals surface area (Å²) in [4.78, 5) is 25.6. The zero-order valence-corrected chi connectivity index (χ0v) is 16.2. The molecule has 1 aromatic heterocycles. The van der Waals surface area contributed by atoms with E-state index in [1.165, 1.54) is 5.56 Å². The molecule has 1 atom stereocenters.